The number of pyridine rings is 1. The highest BCUT2D eigenvalue weighted by atomic mass is 32.2. The van der Waals surface area contributed by atoms with Crippen molar-refractivity contribution in [1.82, 2.24) is 14.7 Å². The van der Waals surface area contributed by atoms with E-state index in [4.69, 9.17) is 4.42 Å². The minimum absolute atomic E-state index is 0.563. The summed E-state index contributed by atoms with van der Waals surface area (Å²) < 4.78 is 22.3. The number of furan rings is 1. The fraction of sp³-hybridized carbons (Fsp3) is 0.0690. The average Bonchev–Trinajstić information content (AvgIpc) is 3.51. The fourth-order valence-corrected chi connectivity index (χ4v) is 5.28. The third-order valence-corrected chi connectivity index (χ3v) is 7.34. The number of aromatic nitrogens is 2. The zero-order valence-corrected chi connectivity index (χ0v) is 19.7. The number of nitrogens with zero attached hydrogens (tertiary/aromatic N) is 1. The summed E-state index contributed by atoms with van der Waals surface area (Å²) in [5.41, 5.74) is 6.20. The van der Waals surface area contributed by atoms with Gasteiger partial charge in [0.1, 0.15) is 16.6 Å². The van der Waals surface area contributed by atoms with E-state index in [-0.39, 0.29) is 0 Å². The molecule has 0 saturated carbocycles. The van der Waals surface area contributed by atoms with Gasteiger partial charge in [-0.2, -0.15) is 0 Å². The van der Waals surface area contributed by atoms with Crippen LogP contribution in [0.4, 0.5) is 0 Å². The van der Waals surface area contributed by atoms with E-state index in [0.29, 0.717) is 13.0 Å². The molecule has 1 atom stereocenters. The molecular formula is C29H23N3O2S. The van der Waals surface area contributed by atoms with Gasteiger partial charge in [0.15, 0.2) is 5.76 Å². The van der Waals surface area contributed by atoms with Gasteiger partial charge in [-0.3, -0.25) is 4.98 Å². The van der Waals surface area contributed by atoms with Crippen molar-refractivity contribution in [3.8, 4) is 22.6 Å². The van der Waals surface area contributed by atoms with E-state index in [9.17, 15) is 4.21 Å². The highest BCUT2D eigenvalue weighted by Crippen LogP contribution is 2.34. The molecule has 0 aliphatic carbocycles. The predicted octanol–water partition coefficient (Wildman–Crippen LogP) is 6.50. The van der Waals surface area contributed by atoms with E-state index in [1.54, 1.807) is 12.4 Å². The Hall–Kier alpha value is -4.00. The Labute approximate surface area is 205 Å². The molecule has 6 rings (SSSR count). The summed E-state index contributed by atoms with van der Waals surface area (Å²) >= 11 is 0. The first-order chi connectivity index (χ1) is 17.3. The number of nitrogens with one attached hydrogen (secondary N) is 2. The maximum Gasteiger partial charge on any atom is 0.151 e. The summed E-state index contributed by atoms with van der Waals surface area (Å²) in [6, 6.07) is 30.1. The molecule has 6 aromatic rings. The normalized spacial score (nSPS) is 12.3. The Morgan fingerprint density at radius 2 is 1.60 bits per heavy atom. The molecule has 35 heavy (non-hydrogen) atoms. The molecular weight excluding hydrogens is 454 g/mol. The van der Waals surface area contributed by atoms with Crippen LogP contribution >= 0.6 is 0 Å². The van der Waals surface area contributed by atoms with E-state index < -0.39 is 11.0 Å². The molecule has 2 N–H and O–H groups in total. The van der Waals surface area contributed by atoms with Crippen LogP contribution in [0.3, 0.4) is 0 Å². The number of fused-ring (bicyclic) bond motifs is 2. The predicted molar refractivity (Wildman–Crippen MR) is 141 cm³/mol. The lowest BCUT2D eigenvalue weighted by atomic mass is 10.1. The minimum Gasteiger partial charge on any atom is -0.455 e. The van der Waals surface area contributed by atoms with Crippen LogP contribution in [0.25, 0.3) is 44.5 Å². The second-order valence-corrected chi connectivity index (χ2v) is 9.64. The quantitative estimate of drug-likeness (QED) is 0.276. The van der Waals surface area contributed by atoms with Crippen LogP contribution in [0.1, 0.15) is 5.56 Å². The second kappa shape index (κ2) is 9.33. The summed E-state index contributed by atoms with van der Waals surface area (Å²) in [5.74, 6) is 0.810. The maximum atomic E-state index is 12.9. The van der Waals surface area contributed by atoms with E-state index in [1.165, 1.54) is 0 Å². The van der Waals surface area contributed by atoms with Gasteiger partial charge >= 0.3 is 0 Å². The standard InChI is InChI=1S/C29H23N3O2S/c33-35(23-11-9-20(10-12-23)21-13-16-30-17-14-21)31-18-15-25-24-6-2-3-7-26(24)32-29(25)28-19-22-5-1-4-8-27(22)34-28/h1-14,16-17,19,31-32H,15,18H2. The van der Waals surface area contributed by atoms with E-state index in [0.717, 1.165) is 54.9 Å². The third kappa shape index (κ3) is 4.30. The maximum absolute atomic E-state index is 12.9. The lowest BCUT2D eigenvalue weighted by Crippen LogP contribution is -2.20. The number of hydrogen-bond donors (Lipinski definition) is 2. The van der Waals surface area contributed by atoms with Crippen molar-refractivity contribution in [2.45, 2.75) is 11.3 Å². The molecule has 0 radical (unpaired) electrons. The van der Waals surface area contributed by atoms with Crippen molar-refractivity contribution in [2.24, 2.45) is 0 Å². The first-order valence-electron chi connectivity index (χ1n) is 11.5. The molecule has 0 fully saturated rings. The van der Waals surface area contributed by atoms with Crippen LogP contribution in [0.5, 0.6) is 0 Å². The van der Waals surface area contributed by atoms with Gasteiger partial charge in [-0.05, 0) is 65.6 Å². The van der Waals surface area contributed by atoms with Crippen LogP contribution in [0.15, 0.2) is 113 Å². The van der Waals surface area contributed by atoms with Crippen molar-refractivity contribution in [3.63, 3.8) is 0 Å². The van der Waals surface area contributed by atoms with Crippen molar-refractivity contribution in [3.05, 3.63) is 109 Å². The molecule has 3 heterocycles. The Kier molecular flexibility index (Phi) is 5.74. The topological polar surface area (TPSA) is 70.9 Å². The van der Waals surface area contributed by atoms with Gasteiger partial charge in [0.25, 0.3) is 0 Å². The van der Waals surface area contributed by atoms with Gasteiger partial charge in [-0.1, -0.05) is 48.5 Å². The van der Waals surface area contributed by atoms with Gasteiger partial charge in [0.05, 0.1) is 10.6 Å². The molecule has 0 amide bonds. The molecule has 172 valence electrons. The van der Waals surface area contributed by atoms with Gasteiger partial charge in [0.2, 0.25) is 0 Å². The van der Waals surface area contributed by atoms with Crippen molar-refractivity contribution < 1.29 is 8.63 Å². The molecule has 3 aromatic carbocycles. The molecule has 0 aliphatic rings. The third-order valence-electron chi connectivity index (χ3n) is 6.18. The second-order valence-electron chi connectivity index (χ2n) is 8.35. The van der Waals surface area contributed by atoms with Crippen LogP contribution in [-0.4, -0.2) is 20.7 Å². The van der Waals surface area contributed by atoms with E-state index >= 15 is 0 Å². The number of benzene rings is 3. The highest BCUT2D eigenvalue weighted by Gasteiger charge is 2.17. The smallest absolute Gasteiger partial charge is 0.151 e. The monoisotopic (exact) mass is 477 g/mol. The van der Waals surface area contributed by atoms with Gasteiger partial charge in [-0.15, -0.1) is 0 Å². The highest BCUT2D eigenvalue weighted by molar-refractivity contribution is 7.83. The van der Waals surface area contributed by atoms with Gasteiger partial charge in [0, 0.05) is 35.2 Å². The Morgan fingerprint density at radius 1 is 0.857 bits per heavy atom. The van der Waals surface area contributed by atoms with Crippen LogP contribution in [0.2, 0.25) is 0 Å². The largest absolute Gasteiger partial charge is 0.455 e. The lowest BCUT2D eigenvalue weighted by Gasteiger charge is -2.07. The minimum atomic E-state index is -1.30. The SMILES string of the molecule is O=S(NCCc1c(-c2cc3ccccc3o2)[nH]c2ccccc12)c1ccc(-c2ccncc2)cc1. The van der Waals surface area contributed by atoms with E-state index in [2.05, 4.69) is 39.0 Å². The first-order valence-corrected chi connectivity index (χ1v) is 12.7. The Balaban J connectivity index is 1.21. The van der Waals surface area contributed by atoms with Crippen molar-refractivity contribution >= 4 is 32.9 Å². The number of hydrogen-bond acceptors (Lipinski definition) is 3. The zero-order valence-electron chi connectivity index (χ0n) is 18.9. The first kappa shape index (κ1) is 21.5. The summed E-state index contributed by atoms with van der Waals surface area (Å²) in [5, 5.41) is 2.22. The lowest BCUT2D eigenvalue weighted by molar-refractivity contribution is 0.628. The molecule has 3 aromatic heterocycles. The van der Waals surface area contributed by atoms with Crippen LogP contribution in [-0.2, 0) is 17.4 Å². The van der Waals surface area contributed by atoms with Crippen molar-refractivity contribution in [2.75, 3.05) is 6.54 Å². The number of aromatic amines is 1. The summed E-state index contributed by atoms with van der Waals surface area (Å²) in [7, 11) is -1.30. The number of H-pyrrole nitrogens is 1. The van der Waals surface area contributed by atoms with Crippen LogP contribution in [0, 0.1) is 0 Å². The Morgan fingerprint density at radius 3 is 2.43 bits per heavy atom. The molecule has 0 spiro atoms. The summed E-state index contributed by atoms with van der Waals surface area (Å²) in [4.78, 5) is 8.34. The Bertz CT molecular complexity index is 1600. The van der Waals surface area contributed by atoms with Gasteiger partial charge in [-0.25, -0.2) is 8.93 Å². The fourth-order valence-electron chi connectivity index (χ4n) is 4.44. The summed E-state index contributed by atoms with van der Waals surface area (Å²) in [6.45, 7) is 0.563. The van der Waals surface area contributed by atoms with Crippen LogP contribution < -0.4 is 4.72 Å². The van der Waals surface area contributed by atoms with Crippen molar-refractivity contribution in [1.29, 1.82) is 0 Å². The molecule has 1 unspecified atom stereocenters. The zero-order chi connectivity index (χ0) is 23.6. The van der Waals surface area contributed by atoms with Gasteiger partial charge < -0.3 is 9.40 Å². The molecule has 0 aliphatic heterocycles. The molecule has 5 nitrogen and oxygen atoms in total. The number of rotatable bonds is 7. The van der Waals surface area contributed by atoms with E-state index in [1.807, 2.05) is 66.7 Å². The summed E-state index contributed by atoms with van der Waals surface area (Å²) in [6.07, 6.45) is 4.25. The molecule has 6 heteroatoms. The average molecular weight is 478 g/mol. The molecule has 0 saturated heterocycles. The number of para-hydroxylation sites is 2. The molecule has 0 bridgehead atoms.